The van der Waals surface area contributed by atoms with E-state index in [0.29, 0.717) is 16.8 Å². The molecule has 0 bridgehead atoms. The Kier molecular flexibility index (Phi) is 4.94. The minimum Gasteiger partial charge on any atom is -0.350 e. The molecule has 114 valence electrons. The van der Waals surface area contributed by atoms with E-state index < -0.39 is 0 Å². The Balaban J connectivity index is 2.13. The van der Waals surface area contributed by atoms with Crippen LogP contribution in [0.5, 0.6) is 0 Å². The number of amides is 2. The molecule has 2 N–H and O–H groups in total. The highest BCUT2D eigenvalue weighted by molar-refractivity contribution is 6.05. The van der Waals surface area contributed by atoms with Crippen LogP contribution in [0.25, 0.3) is 0 Å². The summed E-state index contributed by atoms with van der Waals surface area (Å²) in [5.41, 5.74) is 2.74. The molecule has 0 saturated heterocycles. The minimum absolute atomic E-state index is 0.0676. The van der Waals surface area contributed by atoms with Gasteiger partial charge < -0.3 is 10.6 Å². The SMILES string of the molecule is Cc1cccc(C(=O)Nc2cccc(C(=O)NC(C)C)c2)c1. The highest BCUT2D eigenvalue weighted by Gasteiger charge is 2.10. The quantitative estimate of drug-likeness (QED) is 0.908. The van der Waals surface area contributed by atoms with Crippen LogP contribution in [0.2, 0.25) is 0 Å². The van der Waals surface area contributed by atoms with Gasteiger partial charge >= 0.3 is 0 Å². The highest BCUT2D eigenvalue weighted by atomic mass is 16.2. The molecule has 4 heteroatoms. The van der Waals surface area contributed by atoms with Gasteiger partial charge in [-0.3, -0.25) is 9.59 Å². The molecule has 4 nitrogen and oxygen atoms in total. The van der Waals surface area contributed by atoms with Crippen molar-refractivity contribution in [1.29, 1.82) is 0 Å². The lowest BCUT2D eigenvalue weighted by molar-refractivity contribution is 0.0942. The molecule has 0 radical (unpaired) electrons. The van der Waals surface area contributed by atoms with E-state index in [4.69, 9.17) is 0 Å². The maximum absolute atomic E-state index is 12.2. The van der Waals surface area contributed by atoms with Crippen molar-refractivity contribution in [1.82, 2.24) is 5.32 Å². The number of nitrogens with one attached hydrogen (secondary N) is 2. The summed E-state index contributed by atoms with van der Waals surface area (Å²) in [5, 5.41) is 5.64. The highest BCUT2D eigenvalue weighted by Crippen LogP contribution is 2.13. The Morgan fingerprint density at radius 3 is 2.18 bits per heavy atom. The molecular weight excluding hydrogens is 276 g/mol. The predicted octanol–water partition coefficient (Wildman–Crippen LogP) is 3.39. The van der Waals surface area contributed by atoms with Crippen LogP contribution >= 0.6 is 0 Å². The topological polar surface area (TPSA) is 58.2 Å². The van der Waals surface area contributed by atoms with Crippen molar-refractivity contribution in [2.45, 2.75) is 26.8 Å². The van der Waals surface area contributed by atoms with Gasteiger partial charge in [0.2, 0.25) is 0 Å². The normalized spacial score (nSPS) is 10.4. The van der Waals surface area contributed by atoms with E-state index in [1.807, 2.05) is 39.0 Å². The van der Waals surface area contributed by atoms with Gasteiger partial charge in [0, 0.05) is 22.9 Å². The second kappa shape index (κ2) is 6.89. The lowest BCUT2D eigenvalue weighted by atomic mass is 10.1. The van der Waals surface area contributed by atoms with Crippen LogP contribution in [0.3, 0.4) is 0 Å². The van der Waals surface area contributed by atoms with Crippen molar-refractivity contribution in [3.8, 4) is 0 Å². The van der Waals surface area contributed by atoms with Gasteiger partial charge in [-0.1, -0.05) is 23.8 Å². The molecule has 0 heterocycles. The van der Waals surface area contributed by atoms with Crippen molar-refractivity contribution in [3.05, 3.63) is 65.2 Å². The van der Waals surface area contributed by atoms with E-state index in [0.717, 1.165) is 5.56 Å². The number of hydrogen-bond acceptors (Lipinski definition) is 2. The van der Waals surface area contributed by atoms with Crippen LogP contribution in [-0.4, -0.2) is 17.9 Å². The first-order valence-corrected chi connectivity index (χ1v) is 7.24. The van der Waals surface area contributed by atoms with Crippen molar-refractivity contribution in [2.24, 2.45) is 0 Å². The molecule has 0 saturated carbocycles. The zero-order valence-corrected chi connectivity index (χ0v) is 13.0. The fourth-order valence-electron chi connectivity index (χ4n) is 2.07. The Bertz CT molecular complexity index is 693. The second-order valence-electron chi connectivity index (χ2n) is 5.53. The lowest BCUT2D eigenvalue weighted by Crippen LogP contribution is -2.30. The van der Waals surface area contributed by atoms with Crippen molar-refractivity contribution >= 4 is 17.5 Å². The molecule has 0 unspecified atom stereocenters. The zero-order valence-electron chi connectivity index (χ0n) is 13.0. The number of rotatable bonds is 4. The van der Waals surface area contributed by atoms with E-state index in [2.05, 4.69) is 10.6 Å². The van der Waals surface area contributed by atoms with Crippen molar-refractivity contribution < 1.29 is 9.59 Å². The average molecular weight is 296 g/mol. The van der Waals surface area contributed by atoms with Gasteiger partial charge in [0.05, 0.1) is 0 Å². The van der Waals surface area contributed by atoms with Crippen LogP contribution in [0, 0.1) is 6.92 Å². The third kappa shape index (κ3) is 4.19. The maximum Gasteiger partial charge on any atom is 0.255 e. The van der Waals surface area contributed by atoms with Gasteiger partial charge in [-0.25, -0.2) is 0 Å². The fraction of sp³-hybridized carbons (Fsp3) is 0.222. The van der Waals surface area contributed by atoms with Crippen LogP contribution < -0.4 is 10.6 Å². The number of carbonyl (C=O) groups excluding carboxylic acids is 2. The number of aryl methyl sites for hydroxylation is 1. The number of carbonyl (C=O) groups is 2. The molecule has 2 aromatic rings. The molecule has 2 aromatic carbocycles. The Morgan fingerprint density at radius 2 is 1.55 bits per heavy atom. The first kappa shape index (κ1) is 15.8. The van der Waals surface area contributed by atoms with E-state index in [1.54, 1.807) is 30.3 Å². The van der Waals surface area contributed by atoms with Gasteiger partial charge in [-0.2, -0.15) is 0 Å². The summed E-state index contributed by atoms with van der Waals surface area (Å²) >= 11 is 0. The van der Waals surface area contributed by atoms with Gasteiger partial charge in [0.25, 0.3) is 11.8 Å². The first-order valence-electron chi connectivity index (χ1n) is 7.24. The fourth-order valence-corrected chi connectivity index (χ4v) is 2.07. The number of benzene rings is 2. The van der Waals surface area contributed by atoms with Crippen LogP contribution in [-0.2, 0) is 0 Å². The molecule has 0 aliphatic carbocycles. The summed E-state index contributed by atoms with van der Waals surface area (Å²) in [7, 11) is 0. The smallest absolute Gasteiger partial charge is 0.255 e. The maximum atomic E-state index is 12.2. The van der Waals surface area contributed by atoms with E-state index in [1.165, 1.54) is 0 Å². The molecule has 22 heavy (non-hydrogen) atoms. The molecule has 0 aromatic heterocycles. The zero-order chi connectivity index (χ0) is 16.1. The molecule has 0 spiro atoms. The van der Waals surface area contributed by atoms with E-state index in [9.17, 15) is 9.59 Å². The van der Waals surface area contributed by atoms with Gasteiger partial charge in [-0.05, 0) is 51.1 Å². The van der Waals surface area contributed by atoms with Gasteiger partial charge in [0.1, 0.15) is 0 Å². The summed E-state index contributed by atoms with van der Waals surface area (Å²) < 4.78 is 0. The summed E-state index contributed by atoms with van der Waals surface area (Å²) in [6, 6.07) is 14.3. The number of hydrogen-bond donors (Lipinski definition) is 2. The predicted molar refractivity (Wildman–Crippen MR) is 88.2 cm³/mol. The monoisotopic (exact) mass is 296 g/mol. The summed E-state index contributed by atoms with van der Waals surface area (Å²) in [6.45, 7) is 5.75. The molecule has 0 aliphatic rings. The molecule has 2 amide bonds. The van der Waals surface area contributed by atoms with Crippen molar-refractivity contribution in [2.75, 3.05) is 5.32 Å². The Morgan fingerprint density at radius 1 is 0.909 bits per heavy atom. The summed E-state index contributed by atoms with van der Waals surface area (Å²) in [6.07, 6.45) is 0. The minimum atomic E-state index is -0.190. The lowest BCUT2D eigenvalue weighted by Gasteiger charge is -2.10. The van der Waals surface area contributed by atoms with Crippen LogP contribution in [0.1, 0.15) is 40.1 Å². The number of anilines is 1. The van der Waals surface area contributed by atoms with E-state index in [-0.39, 0.29) is 17.9 Å². The third-order valence-electron chi connectivity index (χ3n) is 3.08. The Labute approximate surface area is 130 Å². The molecule has 0 fully saturated rings. The van der Waals surface area contributed by atoms with Crippen LogP contribution in [0.15, 0.2) is 48.5 Å². The molecule has 0 atom stereocenters. The standard InChI is InChI=1S/C18H20N2O2/c1-12(2)19-17(21)15-8-5-9-16(11-15)20-18(22)14-7-4-6-13(3)10-14/h4-12H,1-3H3,(H,19,21)(H,20,22). The first-order chi connectivity index (χ1) is 10.5. The summed E-state index contributed by atoms with van der Waals surface area (Å²) in [5.74, 6) is -0.341. The Hall–Kier alpha value is -2.62. The molecular formula is C18H20N2O2. The second-order valence-corrected chi connectivity index (χ2v) is 5.53. The van der Waals surface area contributed by atoms with Gasteiger partial charge in [0.15, 0.2) is 0 Å². The van der Waals surface area contributed by atoms with Crippen LogP contribution in [0.4, 0.5) is 5.69 Å². The largest absolute Gasteiger partial charge is 0.350 e. The van der Waals surface area contributed by atoms with Gasteiger partial charge in [-0.15, -0.1) is 0 Å². The van der Waals surface area contributed by atoms with E-state index >= 15 is 0 Å². The molecule has 0 aliphatic heterocycles. The van der Waals surface area contributed by atoms with Crippen molar-refractivity contribution in [3.63, 3.8) is 0 Å². The summed E-state index contributed by atoms with van der Waals surface area (Å²) in [4.78, 5) is 24.2. The average Bonchev–Trinajstić information content (AvgIpc) is 2.47. The molecule has 2 rings (SSSR count). The third-order valence-corrected chi connectivity index (χ3v) is 3.08.